The Kier molecular flexibility index (Phi) is 5.07. The summed E-state index contributed by atoms with van der Waals surface area (Å²) in [6.07, 6.45) is -12.7. The van der Waals surface area contributed by atoms with Crippen LogP contribution in [0, 0.1) is 11.3 Å². The minimum atomic E-state index is -5.68. The first-order valence-electron chi connectivity index (χ1n) is 5.32. The predicted molar refractivity (Wildman–Crippen MR) is 52.7 cm³/mol. The molecule has 0 rings (SSSR count). The second kappa shape index (κ2) is 5.36. The predicted octanol–water partition coefficient (Wildman–Crippen LogP) is 3.28. The summed E-state index contributed by atoms with van der Waals surface area (Å²) < 4.78 is 76.0. The first-order valence-corrected chi connectivity index (χ1v) is 5.32. The summed E-state index contributed by atoms with van der Waals surface area (Å²) >= 11 is 0. The van der Waals surface area contributed by atoms with Crippen molar-refractivity contribution in [3.05, 3.63) is 0 Å². The molecule has 0 aliphatic carbocycles. The van der Waals surface area contributed by atoms with Crippen LogP contribution in [0.25, 0.3) is 0 Å². The van der Waals surface area contributed by atoms with Gasteiger partial charge in [0, 0.05) is 6.54 Å². The second-order valence-corrected chi connectivity index (χ2v) is 4.36. The van der Waals surface area contributed by atoms with Gasteiger partial charge < -0.3 is 5.32 Å². The number of amides is 1. The second-order valence-electron chi connectivity index (χ2n) is 4.36. The number of hydrogen-bond donors (Lipinski definition) is 1. The van der Waals surface area contributed by atoms with E-state index in [9.17, 15) is 31.1 Å². The van der Waals surface area contributed by atoms with Gasteiger partial charge in [-0.05, 0) is 12.3 Å². The molecule has 0 aliphatic rings. The van der Waals surface area contributed by atoms with Gasteiger partial charge in [-0.25, -0.2) is 0 Å². The Labute approximate surface area is 101 Å². The maximum atomic E-state index is 12.7. The first kappa shape index (κ1) is 17.1. The molecule has 0 aromatic heterocycles. The maximum absolute atomic E-state index is 12.7. The molecule has 0 bridgehead atoms. The molecule has 0 fully saturated rings. The highest BCUT2D eigenvalue weighted by molar-refractivity contribution is 5.84. The third-order valence-corrected chi connectivity index (χ3v) is 2.56. The number of nitrogens with one attached hydrogen (secondary N) is 1. The molecule has 0 aromatic rings. The molecule has 0 unspecified atom stereocenters. The highest BCUT2D eigenvalue weighted by Gasteiger charge is 2.74. The third-order valence-electron chi connectivity index (χ3n) is 2.56. The van der Waals surface area contributed by atoms with Crippen molar-refractivity contribution in [3.63, 3.8) is 0 Å². The summed E-state index contributed by atoms with van der Waals surface area (Å²) in [7, 11) is 0. The normalized spacial score (nSPS) is 13.9. The molecule has 0 aromatic carbocycles. The largest absolute Gasteiger partial charge is 0.412 e. The van der Waals surface area contributed by atoms with Gasteiger partial charge in [-0.2, -0.15) is 26.3 Å². The molecule has 1 N–H and O–H groups in total. The van der Waals surface area contributed by atoms with E-state index in [4.69, 9.17) is 0 Å². The number of alkyl halides is 6. The van der Waals surface area contributed by atoms with Gasteiger partial charge in [0.25, 0.3) is 0 Å². The zero-order valence-electron chi connectivity index (χ0n) is 10.2. The molecular formula is C10H15F6NO. The maximum Gasteiger partial charge on any atom is 0.412 e. The van der Waals surface area contributed by atoms with Crippen LogP contribution in [0.3, 0.4) is 0 Å². The topological polar surface area (TPSA) is 29.1 Å². The molecule has 0 spiro atoms. The van der Waals surface area contributed by atoms with E-state index in [0.717, 1.165) is 0 Å². The molecule has 0 saturated heterocycles. The first-order chi connectivity index (χ1) is 7.90. The Balaban J connectivity index is 5.41. The Morgan fingerprint density at radius 3 is 1.67 bits per heavy atom. The fourth-order valence-electron chi connectivity index (χ4n) is 1.43. The summed E-state index contributed by atoms with van der Waals surface area (Å²) in [5.41, 5.74) is -4.34. The van der Waals surface area contributed by atoms with Gasteiger partial charge in [0.1, 0.15) is 0 Å². The molecule has 0 atom stereocenters. The van der Waals surface area contributed by atoms with Crippen LogP contribution in [-0.4, -0.2) is 24.8 Å². The van der Waals surface area contributed by atoms with Crippen molar-refractivity contribution >= 4 is 5.91 Å². The van der Waals surface area contributed by atoms with Gasteiger partial charge >= 0.3 is 12.4 Å². The quantitative estimate of drug-likeness (QED) is 0.786. The number of carbonyl (C=O) groups excluding carboxylic acids is 1. The average Bonchev–Trinajstić information content (AvgIpc) is 2.11. The SMILES string of the molecule is CCC(C(=O)NCC(C)C)(C(F)(F)F)C(F)(F)F. The van der Waals surface area contributed by atoms with E-state index in [1.807, 2.05) is 0 Å². The van der Waals surface area contributed by atoms with E-state index in [1.54, 1.807) is 19.2 Å². The van der Waals surface area contributed by atoms with Crippen LogP contribution in [0.5, 0.6) is 0 Å². The fraction of sp³-hybridized carbons (Fsp3) is 0.900. The highest BCUT2D eigenvalue weighted by atomic mass is 19.4. The minimum absolute atomic E-state index is 0.243. The van der Waals surface area contributed by atoms with Crippen LogP contribution in [0.2, 0.25) is 0 Å². The van der Waals surface area contributed by atoms with Crippen molar-refractivity contribution < 1.29 is 31.1 Å². The van der Waals surface area contributed by atoms with Crippen LogP contribution >= 0.6 is 0 Å². The van der Waals surface area contributed by atoms with Crippen LogP contribution < -0.4 is 5.32 Å². The molecule has 0 aliphatic heterocycles. The smallest absolute Gasteiger partial charge is 0.355 e. The van der Waals surface area contributed by atoms with Crippen molar-refractivity contribution in [1.29, 1.82) is 0 Å². The molecule has 0 saturated carbocycles. The van der Waals surface area contributed by atoms with Crippen molar-refractivity contribution in [1.82, 2.24) is 5.32 Å². The van der Waals surface area contributed by atoms with Gasteiger partial charge in [0.05, 0.1) is 0 Å². The average molecular weight is 279 g/mol. The van der Waals surface area contributed by atoms with Crippen molar-refractivity contribution in [2.45, 2.75) is 39.5 Å². The zero-order chi connectivity index (χ0) is 14.8. The summed E-state index contributed by atoms with van der Waals surface area (Å²) in [4.78, 5) is 11.3. The van der Waals surface area contributed by atoms with E-state index >= 15 is 0 Å². The Hall–Kier alpha value is -0.950. The summed E-state index contributed by atoms with van der Waals surface area (Å²) in [5, 5.41) is 1.71. The molecule has 2 nitrogen and oxygen atoms in total. The summed E-state index contributed by atoms with van der Waals surface area (Å²) in [5.74, 6) is -2.29. The van der Waals surface area contributed by atoms with Crippen molar-refractivity contribution in [2.24, 2.45) is 11.3 Å². The number of rotatable bonds is 4. The Morgan fingerprint density at radius 2 is 1.44 bits per heavy atom. The summed E-state index contributed by atoms with van der Waals surface area (Å²) in [6.45, 7) is 3.58. The standard InChI is InChI=1S/C10H15F6NO/c1-4-8(9(11,12)13,10(14,15)16)7(18)17-5-6(2)3/h6H,4-5H2,1-3H3,(H,17,18). The molecule has 8 heteroatoms. The van der Waals surface area contributed by atoms with E-state index in [1.165, 1.54) is 0 Å². The lowest BCUT2D eigenvalue weighted by Gasteiger charge is -2.35. The van der Waals surface area contributed by atoms with Gasteiger partial charge in [-0.3, -0.25) is 4.79 Å². The lowest BCUT2D eigenvalue weighted by Crippen LogP contribution is -2.59. The summed E-state index contributed by atoms with van der Waals surface area (Å²) in [6, 6.07) is 0. The molecule has 108 valence electrons. The van der Waals surface area contributed by atoms with Gasteiger partial charge in [-0.1, -0.05) is 20.8 Å². The lowest BCUT2D eigenvalue weighted by atomic mass is 9.82. The number of halogens is 6. The molecule has 1 amide bonds. The van der Waals surface area contributed by atoms with Crippen LogP contribution in [0.4, 0.5) is 26.3 Å². The molecule has 0 radical (unpaired) electrons. The fourth-order valence-corrected chi connectivity index (χ4v) is 1.43. The lowest BCUT2D eigenvalue weighted by molar-refractivity contribution is -0.326. The van der Waals surface area contributed by atoms with Gasteiger partial charge in [0.15, 0.2) is 0 Å². The van der Waals surface area contributed by atoms with Gasteiger partial charge in [-0.15, -0.1) is 0 Å². The zero-order valence-corrected chi connectivity index (χ0v) is 10.2. The Bertz CT molecular complexity index is 280. The van der Waals surface area contributed by atoms with E-state index < -0.39 is 30.1 Å². The molecular weight excluding hydrogens is 264 g/mol. The van der Waals surface area contributed by atoms with Gasteiger partial charge in [0.2, 0.25) is 11.3 Å². The van der Waals surface area contributed by atoms with Crippen LogP contribution in [0.15, 0.2) is 0 Å². The van der Waals surface area contributed by atoms with Crippen LogP contribution in [-0.2, 0) is 4.79 Å². The highest BCUT2D eigenvalue weighted by Crippen LogP contribution is 2.52. The van der Waals surface area contributed by atoms with E-state index in [2.05, 4.69) is 0 Å². The monoisotopic (exact) mass is 279 g/mol. The van der Waals surface area contributed by atoms with Crippen LogP contribution in [0.1, 0.15) is 27.2 Å². The van der Waals surface area contributed by atoms with E-state index in [-0.39, 0.29) is 12.5 Å². The molecule has 18 heavy (non-hydrogen) atoms. The Morgan fingerprint density at radius 1 is 1.06 bits per heavy atom. The number of hydrogen-bond acceptors (Lipinski definition) is 1. The number of carbonyl (C=O) groups is 1. The third kappa shape index (κ3) is 3.08. The minimum Gasteiger partial charge on any atom is -0.355 e. The van der Waals surface area contributed by atoms with Crippen molar-refractivity contribution in [2.75, 3.05) is 6.54 Å². The van der Waals surface area contributed by atoms with E-state index in [0.29, 0.717) is 6.92 Å². The van der Waals surface area contributed by atoms with Crippen molar-refractivity contribution in [3.8, 4) is 0 Å². The molecule has 0 heterocycles.